The second kappa shape index (κ2) is 7.69. The summed E-state index contributed by atoms with van der Waals surface area (Å²) in [6.07, 6.45) is 1.41. The van der Waals surface area contributed by atoms with Crippen LogP contribution in [0.2, 0.25) is 0 Å². The molecule has 0 radical (unpaired) electrons. The molecule has 2 unspecified atom stereocenters. The molecular formula is C22H28N6O4S. The van der Waals surface area contributed by atoms with E-state index in [0.29, 0.717) is 6.42 Å². The third-order valence-corrected chi connectivity index (χ3v) is 9.54. The monoisotopic (exact) mass is 472 g/mol. The van der Waals surface area contributed by atoms with E-state index in [1.807, 2.05) is 31.2 Å². The number of fused-ring (bicyclic) bond motifs is 2. The van der Waals surface area contributed by atoms with Crippen LogP contribution in [0.5, 0.6) is 0 Å². The lowest BCUT2D eigenvalue weighted by Crippen LogP contribution is -2.56. The number of hydrogen-bond donors (Lipinski definition) is 3. The van der Waals surface area contributed by atoms with Crippen LogP contribution in [0.15, 0.2) is 24.3 Å². The molecule has 11 heteroatoms. The quantitative estimate of drug-likeness (QED) is 0.544. The van der Waals surface area contributed by atoms with Gasteiger partial charge in [0.25, 0.3) is 0 Å². The molecule has 3 aliphatic heterocycles. The minimum Gasteiger partial charge on any atom is -0.394 e. The second-order valence-corrected chi connectivity index (χ2v) is 11.3. The molecule has 6 atom stereocenters. The fourth-order valence-electron chi connectivity index (χ4n) is 6.07. The number of rotatable bonds is 6. The van der Waals surface area contributed by atoms with Crippen molar-refractivity contribution in [2.24, 2.45) is 11.8 Å². The zero-order chi connectivity index (χ0) is 23.5. The molecule has 10 nitrogen and oxygen atoms in total. The molecule has 2 aromatic rings. The molecule has 3 N–H and O–H groups in total. The lowest BCUT2D eigenvalue weighted by Gasteiger charge is -2.35. The van der Waals surface area contributed by atoms with Gasteiger partial charge in [0.15, 0.2) is 0 Å². The Hall–Kier alpha value is -2.66. The van der Waals surface area contributed by atoms with Gasteiger partial charge in [-0.3, -0.25) is 14.4 Å². The second-order valence-electron chi connectivity index (χ2n) is 9.40. The molecule has 1 spiro atoms. The van der Waals surface area contributed by atoms with E-state index < -0.39 is 33.4 Å². The number of amides is 3. The molecule has 2 bridgehead atoms. The Balaban J connectivity index is 1.48. The summed E-state index contributed by atoms with van der Waals surface area (Å²) < 4.78 is 0.489. The number of aromatic nitrogens is 3. The van der Waals surface area contributed by atoms with Gasteiger partial charge in [-0.2, -0.15) is 0 Å². The first kappa shape index (κ1) is 22.1. The first-order valence-corrected chi connectivity index (χ1v) is 12.0. The number of nitrogens with one attached hydrogen (secondary N) is 2. The summed E-state index contributed by atoms with van der Waals surface area (Å²) in [6.45, 7) is 3.59. The Morgan fingerprint density at radius 1 is 1.30 bits per heavy atom. The summed E-state index contributed by atoms with van der Waals surface area (Å²) in [5.74, 6) is -1.82. The Morgan fingerprint density at radius 2 is 2.06 bits per heavy atom. The molecule has 33 heavy (non-hydrogen) atoms. The zero-order valence-corrected chi connectivity index (χ0v) is 19.6. The van der Waals surface area contributed by atoms with Crippen molar-refractivity contribution in [1.29, 1.82) is 0 Å². The van der Waals surface area contributed by atoms with E-state index in [-0.39, 0.29) is 31.0 Å². The van der Waals surface area contributed by atoms with Crippen LogP contribution in [-0.2, 0) is 21.1 Å². The highest BCUT2D eigenvalue weighted by Crippen LogP contribution is 2.71. The van der Waals surface area contributed by atoms with Gasteiger partial charge < -0.3 is 20.6 Å². The summed E-state index contributed by atoms with van der Waals surface area (Å²) in [7, 11) is 1.58. The van der Waals surface area contributed by atoms with Crippen molar-refractivity contribution in [3.8, 4) is 0 Å². The van der Waals surface area contributed by atoms with E-state index in [2.05, 4.69) is 20.9 Å². The standard InChI is InChI=1S/C22H28N6O4S/c1-12(10-29)28-17(19(31)24-11-27-14-7-5-4-6-13(14)25-26-27)22-9-8-21(2,33-22)15(18(30)23-3)16(22)20(28)32/h4-7,12,15-17,29H,8-11H2,1-3H3,(H,23,30)(H,24,31)/t12-,15-,16+,17?,21+,22?/m1/s1. The SMILES string of the molecule is CNC(=O)[C@H]1[C@H]2C(=O)N([C@H](C)CO)C(C(=O)NCn3nnc4ccccc43)C23CC[C@]1(C)S3. The van der Waals surface area contributed by atoms with E-state index >= 15 is 0 Å². The van der Waals surface area contributed by atoms with Crippen LogP contribution in [0.3, 0.4) is 0 Å². The lowest BCUT2D eigenvalue weighted by atomic mass is 9.66. The van der Waals surface area contributed by atoms with Gasteiger partial charge in [-0.1, -0.05) is 17.3 Å². The van der Waals surface area contributed by atoms with Gasteiger partial charge >= 0.3 is 0 Å². The number of carbonyl (C=O) groups excluding carboxylic acids is 3. The number of aliphatic hydroxyl groups excluding tert-OH is 1. The molecule has 3 fully saturated rings. The third kappa shape index (κ3) is 3.01. The first-order valence-electron chi connectivity index (χ1n) is 11.2. The number of hydrogen-bond acceptors (Lipinski definition) is 7. The van der Waals surface area contributed by atoms with Crippen molar-refractivity contribution in [3.05, 3.63) is 24.3 Å². The number of nitrogens with zero attached hydrogens (tertiary/aromatic N) is 4. The molecule has 0 saturated carbocycles. The average molecular weight is 473 g/mol. The van der Waals surface area contributed by atoms with Crippen LogP contribution >= 0.6 is 11.8 Å². The van der Waals surface area contributed by atoms with Crippen LogP contribution in [0, 0.1) is 11.8 Å². The van der Waals surface area contributed by atoms with Gasteiger partial charge in [-0.05, 0) is 38.8 Å². The largest absolute Gasteiger partial charge is 0.394 e. The minimum atomic E-state index is -0.784. The van der Waals surface area contributed by atoms with E-state index in [0.717, 1.165) is 17.5 Å². The summed E-state index contributed by atoms with van der Waals surface area (Å²) in [5, 5.41) is 23.8. The highest BCUT2D eigenvalue weighted by molar-refractivity contribution is 8.02. The van der Waals surface area contributed by atoms with Crippen molar-refractivity contribution in [1.82, 2.24) is 30.5 Å². The maximum atomic E-state index is 13.7. The van der Waals surface area contributed by atoms with Crippen LogP contribution in [0.4, 0.5) is 0 Å². The fraction of sp³-hybridized carbons (Fsp3) is 0.591. The predicted octanol–water partition coefficient (Wildman–Crippen LogP) is 0.113. The zero-order valence-electron chi connectivity index (χ0n) is 18.8. The van der Waals surface area contributed by atoms with Crippen LogP contribution in [0.25, 0.3) is 11.0 Å². The Bertz CT molecular complexity index is 1140. The van der Waals surface area contributed by atoms with Gasteiger partial charge in [0.05, 0.1) is 34.7 Å². The number of para-hydroxylation sites is 1. The van der Waals surface area contributed by atoms with Crippen molar-refractivity contribution in [3.63, 3.8) is 0 Å². The summed E-state index contributed by atoms with van der Waals surface area (Å²) in [5.41, 5.74) is 1.52. The fourth-order valence-corrected chi connectivity index (χ4v) is 8.41. The van der Waals surface area contributed by atoms with Crippen molar-refractivity contribution >= 4 is 40.5 Å². The van der Waals surface area contributed by atoms with Crippen LogP contribution in [0.1, 0.15) is 26.7 Å². The number of benzene rings is 1. The number of thioether (sulfide) groups is 1. The van der Waals surface area contributed by atoms with E-state index in [4.69, 9.17) is 0 Å². The summed E-state index contributed by atoms with van der Waals surface area (Å²) in [6, 6.07) is 6.14. The molecular weight excluding hydrogens is 444 g/mol. The molecule has 0 aliphatic carbocycles. The molecule has 176 valence electrons. The lowest BCUT2D eigenvalue weighted by molar-refractivity contribution is -0.143. The maximum absolute atomic E-state index is 13.7. The van der Waals surface area contributed by atoms with Gasteiger partial charge in [-0.15, -0.1) is 16.9 Å². The summed E-state index contributed by atoms with van der Waals surface area (Å²) >= 11 is 1.60. The van der Waals surface area contributed by atoms with E-state index in [1.54, 1.807) is 30.4 Å². The minimum absolute atomic E-state index is 0.104. The molecule has 3 saturated heterocycles. The van der Waals surface area contributed by atoms with Gasteiger partial charge in [-0.25, -0.2) is 4.68 Å². The first-order chi connectivity index (χ1) is 15.8. The normalized spacial score (nSPS) is 33.4. The number of likely N-dealkylation sites (tertiary alicyclic amines) is 1. The van der Waals surface area contributed by atoms with E-state index in [9.17, 15) is 19.5 Å². The molecule has 1 aromatic carbocycles. The van der Waals surface area contributed by atoms with Crippen molar-refractivity contribution in [2.75, 3.05) is 13.7 Å². The maximum Gasteiger partial charge on any atom is 0.245 e. The topological polar surface area (TPSA) is 129 Å². The Morgan fingerprint density at radius 3 is 2.79 bits per heavy atom. The Labute approximate surface area is 195 Å². The van der Waals surface area contributed by atoms with Crippen molar-refractivity contribution in [2.45, 2.75) is 54.9 Å². The number of carbonyl (C=O) groups is 3. The Kier molecular flexibility index (Phi) is 5.16. The van der Waals surface area contributed by atoms with Crippen LogP contribution in [-0.4, -0.2) is 78.0 Å². The third-order valence-electron chi connectivity index (χ3n) is 7.55. The molecule has 1 aromatic heterocycles. The molecule has 5 rings (SSSR count). The highest BCUT2D eigenvalue weighted by atomic mass is 32.2. The van der Waals surface area contributed by atoms with Gasteiger partial charge in [0, 0.05) is 11.8 Å². The molecule has 4 heterocycles. The molecule has 3 aliphatic rings. The van der Waals surface area contributed by atoms with Crippen molar-refractivity contribution < 1.29 is 19.5 Å². The van der Waals surface area contributed by atoms with Gasteiger partial charge in [0.1, 0.15) is 18.2 Å². The smallest absolute Gasteiger partial charge is 0.245 e. The van der Waals surface area contributed by atoms with Gasteiger partial charge in [0.2, 0.25) is 17.7 Å². The average Bonchev–Trinajstić information content (AvgIpc) is 3.52. The predicted molar refractivity (Wildman–Crippen MR) is 122 cm³/mol. The van der Waals surface area contributed by atoms with E-state index in [1.165, 1.54) is 4.90 Å². The highest BCUT2D eigenvalue weighted by Gasteiger charge is 2.77. The summed E-state index contributed by atoms with van der Waals surface area (Å²) in [4.78, 5) is 41.7. The number of aliphatic hydroxyl groups is 1. The van der Waals surface area contributed by atoms with Crippen LogP contribution < -0.4 is 10.6 Å². The molecule has 3 amide bonds.